The Morgan fingerprint density at radius 1 is 0.964 bits per heavy atom. The van der Waals surface area contributed by atoms with E-state index in [-0.39, 0.29) is 22.5 Å². The van der Waals surface area contributed by atoms with Crippen LogP contribution in [-0.2, 0) is 0 Å². The summed E-state index contributed by atoms with van der Waals surface area (Å²) in [5, 5.41) is 22.5. The molecule has 0 aromatic heterocycles. The first kappa shape index (κ1) is 20.4. The van der Waals surface area contributed by atoms with Gasteiger partial charge in [-0.25, -0.2) is 0 Å². The lowest BCUT2D eigenvalue weighted by Gasteiger charge is -2.20. The zero-order valence-electron chi connectivity index (χ0n) is 15.1. The molecule has 28 heavy (non-hydrogen) atoms. The molecule has 9 nitrogen and oxygen atoms in total. The Hall–Kier alpha value is -3.88. The third-order valence-corrected chi connectivity index (χ3v) is 3.93. The van der Waals surface area contributed by atoms with Gasteiger partial charge in [-0.15, -0.1) is 0 Å². The molecule has 0 saturated carbocycles. The monoisotopic (exact) mass is 383 g/mol. The average Bonchev–Trinajstić information content (AvgIpc) is 2.67. The molecule has 0 fully saturated rings. The number of rotatable bonds is 8. The van der Waals surface area contributed by atoms with Crippen molar-refractivity contribution in [2.45, 2.75) is 6.04 Å². The van der Waals surface area contributed by atoms with E-state index < -0.39 is 27.5 Å². The number of allylic oxidation sites excluding steroid dienone is 1. The van der Waals surface area contributed by atoms with Crippen molar-refractivity contribution in [1.29, 1.82) is 0 Å². The van der Waals surface area contributed by atoms with Crippen molar-refractivity contribution in [1.82, 2.24) is 4.90 Å². The van der Waals surface area contributed by atoms with E-state index >= 15 is 0 Å². The number of ketones is 2. The van der Waals surface area contributed by atoms with Crippen molar-refractivity contribution in [3.8, 4) is 0 Å². The maximum atomic E-state index is 12.7. The number of hydrogen-bond acceptors (Lipinski definition) is 7. The summed E-state index contributed by atoms with van der Waals surface area (Å²) in [5.41, 5.74) is -0.283. The van der Waals surface area contributed by atoms with Gasteiger partial charge in [-0.2, -0.15) is 0 Å². The molecule has 0 spiro atoms. The van der Waals surface area contributed by atoms with Gasteiger partial charge in [0.25, 0.3) is 5.69 Å². The van der Waals surface area contributed by atoms with Gasteiger partial charge in [0.2, 0.25) is 5.78 Å². The molecule has 0 heterocycles. The quantitative estimate of drug-likeness (QED) is 0.297. The summed E-state index contributed by atoms with van der Waals surface area (Å²) in [6, 6.07) is 11.0. The van der Waals surface area contributed by atoms with Gasteiger partial charge in [-0.1, -0.05) is 42.5 Å². The molecule has 0 aliphatic carbocycles. The Morgan fingerprint density at radius 3 is 2.11 bits per heavy atom. The Bertz CT molecular complexity index is 953. The highest BCUT2D eigenvalue weighted by atomic mass is 16.6. The zero-order chi connectivity index (χ0) is 20.8. The molecule has 0 aliphatic heterocycles. The summed E-state index contributed by atoms with van der Waals surface area (Å²) in [7, 11) is 2.95. The molecular formula is C19H17N3O6. The largest absolute Gasteiger partial charge is 0.375 e. The summed E-state index contributed by atoms with van der Waals surface area (Å²) in [4.78, 5) is 47.7. The van der Waals surface area contributed by atoms with E-state index in [1.54, 1.807) is 18.2 Å². The van der Waals surface area contributed by atoms with Crippen LogP contribution in [0.2, 0.25) is 0 Å². The molecule has 0 saturated heterocycles. The van der Waals surface area contributed by atoms with Crippen LogP contribution in [0.3, 0.4) is 0 Å². The standard InChI is InChI=1S/C19H17N3O6/c1-20(2)16(12-17(23)14-9-6-10-15(11-14)21(25)26)18(22(27)28)19(24)13-7-4-3-5-8-13/h3-12,18H,1-2H3. The second kappa shape index (κ2) is 8.67. The number of hydrogen-bond donors (Lipinski definition) is 0. The van der Waals surface area contributed by atoms with Crippen molar-refractivity contribution in [2.24, 2.45) is 0 Å². The Balaban J connectivity index is 2.47. The Morgan fingerprint density at radius 2 is 1.57 bits per heavy atom. The Labute approximate surface area is 160 Å². The van der Waals surface area contributed by atoms with Gasteiger partial charge in [0.1, 0.15) is 0 Å². The summed E-state index contributed by atoms with van der Waals surface area (Å²) in [5.74, 6) is -1.45. The van der Waals surface area contributed by atoms with Gasteiger partial charge < -0.3 is 4.90 Å². The number of carbonyl (C=O) groups excluding carboxylic acids is 2. The summed E-state index contributed by atoms with van der Waals surface area (Å²) >= 11 is 0. The minimum atomic E-state index is -1.79. The van der Waals surface area contributed by atoms with Crippen LogP contribution in [0.15, 0.2) is 66.4 Å². The molecule has 0 aliphatic rings. The van der Waals surface area contributed by atoms with Gasteiger partial charge in [0.05, 0.1) is 10.6 Å². The maximum Gasteiger partial charge on any atom is 0.314 e. The van der Waals surface area contributed by atoms with Crippen LogP contribution in [-0.4, -0.2) is 46.5 Å². The predicted molar refractivity (Wildman–Crippen MR) is 101 cm³/mol. The smallest absolute Gasteiger partial charge is 0.314 e. The maximum absolute atomic E-state index is 12.7. The lowest BCUT2D eigenvalue weighted by Crippen LogP contribution is -2.37. The molecule has 144 valence electrons. The van der Waals surface area contributed by atoms with E-state index in [0.717, 1.165) is 12.1 Å². The van der Waals surface area contributed by atoms with Gasteiger partial charge in [-0.3, -0.25) is 29.8 Å². The fourth-order valence-corrected chi connectivity index (χ4v) is 2.54. The molecule has 9 heteroatoms. The van der Waals surface area contributed by atoms with E-state index in [4.69, 9.17) is 0 Å². The molecule has 0 amide bonds. The molecule has 1 unspecified atom stereocenters. The van der Waals surface area contributed by atoms with Crippen molar-refractivity contribution in [3.05, 3.63) is 97.7 Å². The van der Waals surface area contributed by atoms with Crippen LogP contribution in [0.1, 0.15) is 20.7 Å². The number of benzene rings is 2. The first-order valence-corrected chi connectivity index (χ1v) is 8.13. The number of likely N-dealkylation sites (N-methyl/N-ethyl adjacent to an activating group) is 1. The topological polar surface area (TPSA) is 124 Å². The van der Waals surface area contributed by atoms with Gasteiger partial charge in [0, 0.05) is 48.4 Å². The highest BCUT2D eigenvalue weighted by Crippen LogP contribution is 2.19. The van der Waals surface area contributed by atoms with Crippen molar-refractivity contribution < 1.29 is 19.4 Å². The number of nitro groups is 2. The average molecular weight is 383 g/mol. The summed E-state index contributed by atoms with van der Waals surface area (Å²) in [6.07, 6.45) is 0.966. The van der Waals surface area contributed by atoms with Gasteiger partial charge >= 0.3 is 6.04 Å². The molecular weight excluding hydrogens is 366 g/mol. The summed E-state index contributed by atoms with van der Waals surface area (Å²) in [6.45, 7) is 0. The normalized spacial score (nSPS) is 12.1. The van der Waals surface area contributed by atoms with Crippen LogP contribution in [0.25, 0.3) is 0 Å². The van der Waals surface area contributed by atoms with E-state index in [1.807, 2.05) is 0 Å². The minimum absolute atomic E-state index is 0.0113. The van der Waals surface area contributed by atoms with Crippen LogP contribution in [0, 0.1) is 20.2 Å². The molecule has 2 rings (SSSR count). The summed E-state index contributed by atoms with van der Waals surface area (Å²) < 4.78 is 0. The number of non-ortho nitro benzene ring substituents is 1. The zero-order valence-corrected chi connectivity index (χ0v) is 15.1. The molecule has 2 aromatic carbocycles. The highest BCUT2D eigenvalue weighted by molar-refractivity contribution is 6.07. The van der Waals surface area contributed by atoms with E-state index in [9.17, 15) is 29.8 Å². The lowest BCUT2D eigenvalue weighted by molar-refractivity contribution is -0.497. The Kier molecular flexibility index (Phi) is 6.33. The fourth-order valence-electron chi connectivity index (χ4n) is 2.54. The second-order valence-electron chi connectivity index (χ2n) is 6.05. The minimum Gasteiger partial charge on any atom is -0.375 e. The van der Waals surface area contributed by atoms with Crippen LogP contribution >= 0.6 is 0 Å². The van der Waals surface area contributed by atoms with Crippen LogP contribution in [0.4, 0.5) is 5.69 Å². The number of carbonyl (C=O) groups is 2. The number of Topliss-reactive ketones (excluding diaryl/α,β-unsaturated/α-hetero) is 1. The van der Waals surface area contributed by atoms with Crippen LogP contribution < -0.4 is 0 Å². The van der Waals surface area contributed by atoms with Gasteiger partial charge in [-0.05, 0) is 0 Å². The fraction of sp³-hybridized carbons (Fsp3) is 0.158. The lowest BCUT2D eigenvalue weighted by atomic mass is 9.99. The molecule has 0 bridgehead atoms. The number of nitro benzene ring substituents is 1. The molecule has 0 radical (unpaired) electrons. The van der Waals surface area contributed by atoms with E-state index in [2.05, 4.69) is 0 Å². The molecule has 2 aromatic rings. The number of nitrogens with zero attached hydrogens (tertiary/aromatic N) is 3. The molecule has 0 N–H and O–H groups in total. The van der Waals surface area contributed by atoms with E-state index in [1.165, 1.54) is 49.3 Å². The van der Waals surface area contributed by atoms with Crippen molar-refractivity contribution in [2.75, 3.05) is 14.1 Å². The van der Waals surface area contributed by atoms with Gasteiger partial charge in [0.15, 0.2) is 5.78 Å². The van der Waals surface area contributed by atoms with Crippen molar-refractivity contribution in [3.63, 3.8) is 0 Å². The van der Waals surface area contributed by atoms with Crippen LogP contribution in [0.5, 0.6) is 0 Å². The third kappa shape index (κ3) is 4.64. The molecule has 1 atom stereocenters. The predicted octanol–water partition coefficient (Wildman–Crippen LogP) is 2.75. The second-order valence-corrected chi connectivity index (χ2v) is 6.05. The van der Waals surface area contributed by atoms with E-state index in [0.29, 0.717) is 0 Å². The van der Waals surface area contributed by atoms with Crippen molar-refractivity contribution >= 4 is 17.3 Å². The SMILES string of the molecule is CN(C)C(=CC(=O)c1cccc([N+](=O)[O-])c1)C(C(=O)c1ccccc1)[N+](=O)[O-]. The third-order valence-electron chi connectivity index (χ3n) is 3.93. The first-order valence-electron chi connectivity index (χ1n) is 8.13. The first-order chi connectivity index (χ1) is 13.2. The highest BCUT2D eigenvalue weighted by Gasteiger charge is 2.36.